The summed E-state index contributed by atoms with van der Waals surface area (Å²) in [5.41, 5.74) is 2.08. The second-order valence-corrected chi connectivity index (χ2v) is 6.95. The van der Waals surface area contributed by atoms with Gasteiger partial charge in [-0.1, -0.05) is 23.9 Å². The topological polar surface area (TPSA) is 66.0 Å². The molecule has 0 atom stereocenters. The van der Waals surface area contributed by atoms with Crippen molar-refractivity contribution in [3.63, 3.8) is 0 Å². The van der Waals surface area contributed by atoms with Crippen LogP contribution in [0.1, 0.15) is 5.69 Å². The van der Waals surface area contributed by atoms with Crippen molar-refractivity contribution in [3.8, 4) is 28.6 Å². The van der Waals surface area contributed by atoms with E-state index < -0.39 is 0 Å². The number of benzene rings is 2. The van der Waals surface area contributed by atoms with Gasteiger partial charge in [-0.25, -0.2) is 9.37 Å². The van der Waals surface area contributed by atoms with Crippen molar-refractivity contribution in [1.82, 2.24) is 19.7 Å². The summed E-state index contributed by atoms with van der Waals surface area (Å²) in [6.07, 6.45) is 1.63. The molecule has 0 fully saturated rings. The van der Waals surface area contributed by atoms with Crippen molar-refractivity contribution in [3.05, 3.63) is 66.3 Å². The number of oxazole rings is 1. The molecule has 0 N–H and O–H groups in total. The monoisotopic (exact) mass is 396 g/mol. The summed E-state index contributed by atoms with van der Waals surface area (Å²) < 4.78 is 26.5. The molecular weight excluding hydrogens is 379 g/mol. The Morgan fingerprint density at radius 3 is 2.64 bits per heavy atom. The second kappa shape index (κ2) is 7.85. The van der Waals surface area contributed by atoms with Gasteiger partial charge in [-0.2, -0.15) is 0 Å². The maximum atomic E-state index is 14.0. The van der Waals surface area contributed by atoms with Crippen LogP contribution in [-0.4, -0.2) is 26.9 Å². The zero-order valence-corrected chi connectivity index (χ0v) is 16.1. The SMILES string of the molecule is COc1ccc(-c2nc(CSc3nnc(-c4ccccc4F)n3C)co2)cc1. The molecule has 0 aliphatic rings. The molecule has 142 valence electrons. The van der Waals surface area contributed by atoms with Crippen molar-refractivity contribution in [2.45, 2.75) is 10.9 Å². The normalized spacial score (nSPS) is 11.0. The van der Waals surface area contributed by atoms with E-state index in [1.807, 2.05) is 31.3 Å². The lowest BCUT2D eigenvalue weighted by Gasteiger charge is -2.04. The zero-order chi connectivity index (χ0) is 19.5. The number of nitrogens with zero attached hydrogens (tertiary/aromatic N) is 4. The van der Waals surface area contributed by atoms with Crippen LogP contribution in [0.5, 0.6) is 5.75 Å². The van der Waals surface area contributed by atoms with E-state index in [-0.39, 0.29) is 5.82 Å². The average Bonchev–Trinajstić information content (AvgIpc) is 3.34. The van der Waals surface area contributed by atoms with E-state index in [0.29, 0.717) is 28.2 Å². The van der Waals surface area contributed by atoms with Gasteiger partial charge in [0.2, 0.25) is 5.89 Å². The van der Waals surface area contributed by atoms with E-state index in [2.05, 4.69) is 15.2 Å². The predicted molar refractivity (Wildman–Crippen MR) is 104 cm³/mol. The first kappa shape index (κ1) is 18.2. The molecule has 0 saturated heterocycles. The van der Waals surface area contributed by atoms with Crippen LogP contribution in [0.2, 0.25) is 0 Å². The Hall–Kier alpha value is -3.13. The molecule has 6 nitrogen and oxygen atoms in total. The van der Waals surface area contributed by atoms with Gasteiger partial charge in [0.1, 0.15) is 17.8 Å². The summed E-state index contributed by atoms with van der Waals surface area (Å²) in [5.74, 6) is 2.04. The van der Waals surface area contributed by atoms with Gasteiger partial charge in [-0.3, -0.25) is 0 Å². The van der Waals surface area contributed by atoms with Crippen LogP contribution in [0, 0.1) is 5.82 Å². The van der Waals surface area contributed by atoms with Crippen molar-refractivity contribution in [1.29, 1.82) is 0 Å². The Bertz CT molecular complexity index is 1090. The molecule has 0 aliphatic heterocycles. The van der Waals surface area contributed by atoms with Crippen LogP contribution in [-0.2, 0) is 12.8 Å². The molecule has 2 heterocycles. The maximum Gasteiger partial charge on any atom is 0.226 e. The quantitative estimate of drug-likeness (QED) is 0.445. The van der Waals surface area contributed by atoms with E-state index in [0.717, 1.165) is 17.0 Å². The third-order valence-corrected chi connectivity index (χ3v) is 5.24. The van der Waals surface area contributed by atoms with Crippen LogP contribution in [0.4, 0.5) is 4.39 Å². The van der Waals surface area contributed by atoms with Crippen LogP contribution in [0.25, 0.3) is 22.8 Å². The first-order valence-corrected chi connectivity index (χ1v) is 9.50. The highest BCUT2D eigenvalue weighted by atomic mass is 32.2. The highest BCUT2D eigenvalue weighted by Gasteiger charge is 2.15. The Morgan fingerprint density at radius 1 is 1.11 bits per heavy atom. The third-order valence-electron chi connectivity index (χ3n) is 4.19. The number of rotatable bonds is 6. The van der Waals surface area contributed by atoms with Crippen LogP contribution in [0.3, 0.4) is 0 Å². The molecule has 4 rings (SSSR count). The smallest absolute Gasteiger partial charge is 0.226 e. The number of aromatic nitrogens is 4. The van der Waals surface area contributed by atoms with Gasteiger partial charge < -0.3 is 13.7 Å². The predicted octanol–water partition coefficient (Wildman–Crippen LogP) is 4.58. The first-order valence-electron chi connectivity index (χ1n) is 8.51. The number of hydrogen-bond donors (Lipinski definition) is 0. The molecule has 4 aromatic rings. The Morgan fingerprint density at radius 2 is 1.89 bits per heavy atom. The van der Waals surface area contributed by atoms with Gasteiger partial charge in [0.25, 0.3) is 0 Å². The Labute approximate surface area is 165 Å². The highest BCUT2D eigenvalue weighted by Crippen LogP contribution is 2.28. The van der Waals surface area contributed by atoms with Crippen LogP contribution in [0.15, 0.2) is 64.4 Å². The van der Waals surface area contributed by atoms with Gasteiger partial charge in [0.05, 0.1) is 18.4 Å². The van der Waals surface area contributed by atoms with Gasteiger partial charge >= 0.3 is 0 Å². The molecular formula is C20H17FN4O2S. The Balaban J connectivity index is 1.47. The molecule has 8 heteroatoms. The van der Waals surface area contributed by atoms with Gasteiger partial charge in [0, 0.05) is 18.4 Å². The first-order chi connectivity index (χ1) is 13.7. The number of halogens is 1. The van der Waals surface area contributed by atoms with E-state index in [1.165, 1.54) is 17.8 Å². The van der Waals surface area contributed by atoms with E-state index in [1.54, 1.807) is 36.1 Å². The molecule has 28 heavy (non-hydrogen) atoms. The Kier molecular flexibility index (Phi) is 5.12. The summed E-state index contributed by atoms with van der Waals surface area (Å²) in [5, 5.41) is 8.97. The molecule has 0 bridgehead atoms. The van der Waals surface area contributed by atoms with Crippen molar-refractivity contribution in [2.24, 2.45) is 7.05 Å². The summed E-state index contributed by atoms with van der Waals surface area (Å²) in [6, 6.07) is 14.0. The molecule has 0 aliphatic carbocycles. The zero-order valence-electron chi connectivity index (χ0n) is 15.3. The minimum atomic E-state index is -0.324. The maximum absolute atomic E-state index is 14.0. The fraction of sp³-hybridized carbons (Fsp3) is 0.150. The van der Waals surface area contributed by atoms with Gasteiger partial charge in [-0.05, 0) is 36.4 Å². The van der Waals surface area contributed by atoms with Gasteiger partial charge in [0.15, 0.2) is 11.0 Å². The molecule has 0 saturated carbocycles. The lowest BCUT2D eigenvalue weighted by Crippen LogP contribution is -1.96. The fourth-order valence-corrected chi connectivity index (χ4v) is 3.48. The van der Waals surface area contributed by atoms with Crippen molar-refractivity contribution >= 4 is 11.8 Å². The summed E-state index contributed by atoms with van der Waals surface area (Å²) in [4.78, 5) is 4.51. The highest BCUT2D eigenvalue weighted by molar-refractivity contribution is 7.98. The standard InChI is InChI=1S/C20H17FN4O2S/c1-25-18(16-5-3-4-6-17(16)21)23-24-20(25)28-12-14-11-27-19(22-14)13-7-9-15(26-2)10-8-13/h3-11H,12H2,1-2H3. The molecule has 2 aromatic heterocycles. The number of methoxy groups -OCH3 is 1. The average molecular weight is 396 g/mol. The molecule has 0 radical (unpaired) electrons. The minimum absolute atomic E-state index is 0.324. The number of ether oxygens (including phenoxy) is 1. The van der Waals surface area contributed by atoms with E-state index in [4.69, 9.17) is 9.15 Å². The minimum Gasteiger partial charge on any atom is -0.497 e. The van der Waals surface area contributed by atoms with E-state index in [9.17, 15) is 4.39 Å². The van der Waals surface area contributed by atoms with Crippen LogP contribution >= 0.6 is 11.8 Å². The third kappa shape index (κ3) is 3.63. The molecule has 2 aromatic carbocycles. The summed E-state index contributed by atoms with van der Waals surface area (Å²) in [6.45, 7) is 0. The van der Waals surface area contributed by atoms with Crippen molar-refractivity contribution < 1.29 is 13.5 Å². The van der Waals surface area contributed by atoms with E-state index >= 15 is 0 Å². The summed E-state index contributed by atoms with van der Waals surface area (Å²) in [7, 11) is 3.44. The summed E-state index contributed by atoms with van der Waals surface area (Å²) >= 11 is 1.46. The largest absolute Gasteiger partial charge is 0.497 e. The van der Waals surface area contributed by atoms with Gasteiger partial charge in [-0.15, -0.1) is 10.2 Å². The lowest BCUT2D eigenvalue weighted by atomic mass is 10.2. The second-order valence-electron chi connectivity index (χ2n) is 6.01. The molecule has 0 amide bonds. The fourth-order valence-electron chi connectivity index (χ4n) is 2.70. The van der Waals surface area contributed by atoms with Crippen LogP contribution < -0.4 is 4.74 Å². The molecule has 0 unspecified atom stereocenters. The lowest BCUT2D eigenvalue weighted by molar-refractivity contribution is 0.415. The van der Waals surface area contributed by atoms with Crippen molar-refractivity contribution in [2.75, 3.05) is 7.11 Å². The molecule has 0 spiro atoms. The number of hydrogen-bond acceptors (Lipinski definition) is 6. The number of thioether (sulfide) groups is 1.